The van der Waals surface area contributed by atoms with Crippen molar-refractivity contribution >= 4 is 22.9 Å². The summed E-state index contributed by atoms with van der Waals surface area (Å²) >= 11 is 7.69. The van der Waals surface area contributed by atoms with Gasteiger partial charge < -0.3 is 10.2 Å². The van der Waals surface area contributed by atoms with Crippen molar-refractivity contribution in [2.75, 3.05) is 26.2 Å². The number of hydrogen-bond donors (Lipinski definition) is 1. The number of thiophene rings is 1. The summed E-state index contributed by atoms with van der Waals surface area (Å²) in [6.07, 6.45) is 1.15. The van der Waals surface area contributed by atoms with Gasteiger partial charge in [-0.15, -0.1) is 11.3 Å². The van der Waals surface area contributed by atoms with Gasteiger partial charge in [-0.05, 0) is 44.7 Å². The van der Waals surface area contributed by atoms with E-state index in [0.29, 0.717) is 6.04 Å². The maximum absolute atomic E-state index is 6.00. The normalized spacial score (nSPS) is 13.2. The molecule has 4 heteroatoms. The van der Waals surface area contributed by atoms with E-state index in [9.17, 15) is 0 Å². The molecule has 0 radical (unpaired) electrons. The van der Waals surface area contributed by atoms with Gasteiger partial charge in [-0.2, -0.15) is 0 Å². The van der Waals surface area contributed by atoms with Crippen molar-refractivity contribution in [3.8, 4) is 0 Å². The van der Waals surface area contributed by atoms with E-state index in [4.69, 9.17) is 11.6 Å². The van der Waals surface area contributed by atoms with Crippen LogP contribution in [0.1, 0.15) is 38.1 Å². The number of nitrogens with one attached hydrogen (secondary N) is 1. The first-order valence-corrected chi connectivity index (χ1v) is 7.61. The molecule has 0 saturated carbocycles. The Kier molecular flexibility index (Phi) is 7.12. The highest BCUT2D eigenvalue weighted by Gasteiger charge is 2.13. The van der Waals surface area contributed by atoms with Gasteiger partial charge in [0.25, 0.3) is 0 Å². The van der Waals surface area contributed by atoms with Gasteiger partial charge in [0.1, 0.15) is 0 Å². The zero-order chi connectivity index (χ0) is 12.7. The predicted molar refractivity (Wildman–Crippen MR) is 78.2 cm³/mol. The lowest BCUT2D eigenvalue weighted by atomic mass is 10.1. The Morgan fingerprint density at radius 1 is 1.29 bits per heavy atom. The molecule has 0 bridgehead atoms. The molecule has 0 aliphatic rings. The van der Waals surface area contributed by atoms with E-state index < -0.39 is 0 Å². The second-order valence-electron chi connectivity index (χ2n) is 4.07. The van der Waals surface area contributed by atoms with Crippen LogP contribution in [0.15, 0.2) is 12.1 Å². The lowest BCUT2D eigenvalue weighted by Gasteiger charge is -2.22. The van der Waals surface area contributed by atoms with Gasteiger partial charge >= 0.3 is 0 Å². The molecule has 98 valence electrons. The van der Waals surface area contributed by atoms with Crippen LogP contribution >= 0.6 is 22.9 Å². The van der Waals surface area contributed by atoms with E-state index in [0.717, 1.165) is 36.9 Å². The molecule has 1 unspecified atom stereocenters. The summed E-state index contributed by atoms with van der Waals surface area (Å²) in [5, 5.41) is 3.54. The summed E-state index contributed by atoms with van der Waals surface area (Å²) in [6, 6.07) is 4.57. The quantitative estimate of drug-likeness (QED) is 0.776. The van der Waals surface area contributed by atoms with Crippen LogP contribution in [0, 0.1) is 0 Å². The summed E-state index contributed by atoms with van der Waals surface area (Å²) in [5.74, 6) is 0. The maximum Gasteiger partial charge on any atom is 0.0931 e. The van der Waals surface area contributed by atoms with Crippen LogP contribution < -0.4 is 5.32 Å². The minimum Gasteiger partial charge on any atom is -0.309 e. The second kappa shape index (κ2) is 8.09. The van der Waals surface area contributed by atoms with Crippen LogP contribution in [0.5, 0.6) is 0 Å². The zero-order valence-corrected chi connectivity index (χ0v) is 12.6. The minimum atomic E-state index is 0.443. The van der Waals surface area contributed by atoms with Gasteiger partial charge in [-0.25, -0.2) is 0 Å². The SMILES string of the molecule is CCNC(CCN(CC)CC)c1ccc(Cl)s1. The Morgan fingerprint density at radius 2 is 2.00 bits per heavy atom. The first-order valence-electron chi connectivity index (χ1n) is 6.42. The third-order valence-electron chi connectivity index (χ3n) is 3.02. The monoisotopic (exact) mass is 274 g/mol. The second-order valence-corrected chi connectivity index (χ2v) is 5.81. The molecule has 0 spiro atoms. The maximum atomic E-state index is 6.00. The van der Waals surface area contributed by atoms with E-state index in [1.54, 1.807) is 11.3 Å². The Labute approximate surface area is 114 Å². The first kappa shape index (κ1) is 15.0. The van der Waals surface area contributed by atoms with Gasteiger partial charge in [-0.1, -0.05) is 32.4 Å². The molecule has 1 heterocycles. The van der Waals surface area contributed by atoms with E-state index >= 15 is 0 Å². The van der Waals surface area contributed by atoms with Gasteiger partial charge in [0.15, 0.2) is 0 Å². The van der Waals surface area contributed by atoms with E-state index in [1.807, 2.05) is 6.07 Å². The van der Waals surface area contributed by atoms with Crippen molar-refractivity contribution < 1.29 is 0 Å². The van der Waals surface area contributed by atoms with Crippen molar-refractivity contribution in [1.29, 1.82) is 0 Å². The summed E-state index contributed by atoms with van der Waals surface area (Å²) in [6.45, 7) is 11.0. The molecule has 2 nitrogen and oxygen atoms in total. The highest BCUT2D eigenvalue weighted by molar-refractivity contribution is 7.16. The zero-order valence-electron chi connectivity index (χ0n) is 11.0. The molecule has 0 amide bonds. The topological polar surface area (TPSA) is 15.3 Å². The Balaban J connectivity index is 2.54. The molecule has 0 aromatic carbocycles. The fraction of sp³-hybridized carbons (Fsp3) is 0.692. The van der Waals surface area contributed by atoms with E-state index in [1.165, 1.54) is 4.88 Å². The Bertz CT molecular complexity index is 310. The van der Waals surface area contributed by atoms with Crippen LogP contribution in [-0.4, -0.2) is 31.1 Å². The molecule has 1 aromatic heterocycles. The average molecular weight is 275 g/mol. The molecular weight excluding hydrogens is 252 g/mol. The molecule has 0 fully saturated rings. The van der Waals surface area contributed by atoms with Gasteiger partial charge in [-0.3, -0.25) is 0 Å². The van der Waals surface area contributed by atoms with Gasteiger partial charge in [0.2, 0.25) is 0 Å². The number of halogens is 1. The number of rotatable bonds is 8. The summed E-state index contributed by atoms with van der Waals surface area (Å²) in [7, 11) is 0. The van der Waals surface area contributed by atoms with Crippen molar-refractivity contribution in [2.45, 2.75) is 33.2 Å². The standard InChI is InChI=1S/C13H23ClN2S/c1-4-15-11(9-10-16(5-2)6-3)12-7-8-13(14)17-12/h7-8,11,15H,4-6,9-10H2,1-3H3. The van der Waals surface area contributed by atoms with Gasteiger partial charge in [0, 0.05) is 10.9 Å². The molecule has 1 N–H and O–H groups in total. The molecule has 0 aliphatic heterocycles. The van der Waals surface area contributed by atoms with Crippen LogP contribution in [-0.2, 0) is 0 Å². The lowest BCUT2D eigenvalue weighted by Crippen LogP contribution is -2.29. The largest absolute Gasteiger partial charge is 0.309 e. The van der Waals surface area contributed by atoms with Crippen molar-refractivity contribution in [3.63, 3.8) is 0 Å². The third kappa shape index (κ3) is 4.96. The van der Waals surface area contributed by atoms with Crippen molar-refractivity contribution in [2.24, 2.45) is 0 Å². The summed E-state index contributed by atoms with van der Waals surface area (Å²) in [5.41, 5.74) is 0. The van der Waals surface area contributed by atoms with Crippen LogP contribution in [0.4, 0.5) is 0 Å². The number of nitrogens with zero attached hydrogens (tertiary/aromatic N) is 1. The highest BCUT2D eigenvalue weighted by atomic mass is 35.5. The fourth-order valence-corrected chi connectivity index (χ4v) is 3.13. The predicted octanol–water partition coefficient (Wildman–Crippen LogP) is 3.78. The lowest BCUT2D eigenvalue weighted by molar-refractivity contribution is 0.283. The molecule has 0 saturated heterocycles. The van der Waals surface area contributed by atoms with Crippen molar-refractivity contribution in [1.82, 2.24) is 10.2 Å². The van der Waals surface area contributed by atoms with Crippen LogP contribution in [0.25, 0.3) is 0 Å². The van der Waals surface area contributed by atoms with E-state index in [2.05, 4.69) is 37.1 Å². The molecular formula is C13H23ClN2S. The smallest absolute Gasteiger partial charge is 0.0931 e. The molecule has 0 aliphatic carbocycles. The first-order chi connectivity index (χ1) is 8.21. The molecule has 1 atom stereocenters. The van der Waals surface area contributed by atoms with Gasteiger partial charge in [0.05, 0.1) is 4.34 Å². The fourth-order valence-electron chi connectivity index (χ4n) is 1.96. The average Bonchev–Trinajstić information content (AvgIpc) is 2.75. The molecule has 17 heavy (non-hydrogen) atoms. The third-order valence-corrected chi connectivity index (χ3v) is 4.36. The Hall–Kier alpha value is -0.0900. The van der Waals surface area contributed by atoms with E-state index in [-0.39, 0.29) is 0 Å². The van der Waals surface area contributed by atoms with Crippen molar-refractivity contribution in [3.05, 3.63) is 21.3 Å². The van der Waals surface area contributed by atoms with Crippen LogP contribution in [0.2, 0.25) is 4.34 Å². The molecule has 1 rings (SSSR count). The number of hydrogen-bond acceptors (Lipinski definition) is 3. The summed E-state index contributed by atoms with van der Waals surface area (Å²) in [4.78, 5) is 3.81. The highest BCUT2D eigenvalue weighted by Crippen LogP contribution is 2.28. The molecule has 1 aromatic rings. The summed E-state index contributed by atoms with van der Waals surface area (Å²) < 4.78 is 0.880. The Morgan fingerprint density at radius 3 is 2.47 bits per heavy atom. The van der Waals surface area contributed by atoms with Crippen LogP contribution in [0.3, 0.4) is 0 Å². The minimum absolute atomic E-state index is 0.443.